The molecular formula is C20H16IN3O5. The number of carbonyl (C=O) groups excluding carboxylic acids is 1. The molecule has 1 amide bonds. The van der Waals surface area contributed by atoms with Crippen LogP contribution in [0.3, 0.4) is 0 Å². The molecule has 1 heterocycles. The van der Waals surface area contributed by atoms with E-state index in [2.05, 4.69) is 33.1 Å². The summed E-state index contributed by atoms with van der Waals surface area (Å²) in [6.07, 6.45) is 1.36. The second kappa shape index (κ2) is 8.86. The number of halogens is 1. The van der Waals surface area contributed by atoms with E-state index >= 15 is 0 Å². The van der Waals surface area contributed by atoms with Gasteiger partial charge in [-0.15, -0.1) is 0 Å². The first-order chi connectivity index (χ1) is 13.9. The van der Waals surface area contributed by atoms with Gasteiger partial charge in [-0.3, -0.25) is 14.9 Å². The summed E-state index contributed by atoms with van der Waals surface area (Å²) in [5.41, 5.74) is 4.01. The first-order valence-corrected chi connectivity index (χ1v) is 9.49. The van der Waals surface area contributed by atoms with Gasteiger partial charge in [0.25, 0.3) is 11.6 Å². The smallest absolute Gasteiger partial charge is 0.273 e. The highest BCUT2D eigenvalue weighted by atomic mass is 127. The quantitative estimate of drug-likeness (QED) is 0.229. The maximum Gasteiger partial charge on any atom is 0.273 e. The van der Waals surface area contributed by atoms with E-state index in [0.717, 1.165) is 3.57 Å². The zero-order valence-corrected chi connectivity index (χ0v) is 17.7. The molecule has 2 aromatic carbocycles. The molecule has 0 fully saturated rings. The Bertz CT molecular complexity index is 1110. The minimum atomic E-state index is -0.431. The fourth-order valence-corrected chi connectivity index (χ4v) is 3.11. The molecule has 1 N–H and O–H groups in total. The average Bonchev–Trinajstić information content (AvgIpc) is 3.17. The van der Waals surface area contributed by atoms with E-state index in [9.17, 15) is 14.9 Å². The van der Waals surface area contributed by atoms with Crippen molar-refractivity contribution in [1.29, 1.82) is 0 Å². The van der Waals surface area contributed by atoms with Crippen molar-refractivity contribution in [3.05, 3.63) is 79.1 Å². The Morgan fingerprint density at radius 3 is 2.76 bits per heavy atom. The van der Waals surface area contributed by atoms with Gasteiger partial charge < -0.3 is 9.15 Å². The van der Waals surface area contributed by atoms with Crippen LogP contribution < -0.4 is 10.2 Å². The lowest BCUT2D eigenvalue weighted by atomic mass is 10.1. The number of hydrogen-bond acceptors (Lipinski definition) is 6. The first kappa shape index (κ1) is 20.5. The van der Waals surface area contributed by atoms with Crippen molar-refractivity contribution >= 4 is 40.4 Å². The predicted octanol–water partition coefficient (Wildman–Crippen LogP) is 4.54. The monoisotopic (exact) mass is 505 g/mol. The summed E-state index contributed by atoms with van der Waals surface area (Å²) in [4.78, 5) is 22.9. The van der Waals surface area contributed by atoms with Crippen LogP contribution >= 0.6 is 22.6 Å². The molecule has 0 atom stereocenters. The SMILES string of the molecule is COc1cc(C(=O)N/N=C\c2ccc(-c3ccc(C)c([N+](=O)[O-])c3)o2)ccc1I. The van der Waals surface area contributed by atoms with Gasteiger partial charge in [-0.2, -0.15) is 5.10 Å². The lowest BCUT2D eigenvalue weighted by Gasteiger charge is -2.05. The molecule has 0 radical (unpaired) electrons. The molecule has 0 saturated carbocycles. The molecule has 29 heavy (non-hydrogen) atoms. The number of furan rings is 1. The third-order valence-electron chi connectivity index (χ3n) is 4.09. The predicted molar refractivity (Wildman–Crippen MR) is 116 cm³/mol. The van der Waals surface area contributed by atoms with Crippen LogP contribution in [0.25, 0.3) is 11.3 Å². The normalized spacial score (nSPS) is 10.9. The number of ether oxygens (including phenoxy) is 1. The number of benzene rings is 2. The van der Waals surface area contributed by atoms with Gasteiger partial charge >= 0.3 is 0 Å². The summed E-state index contributed by atoms with van der Waals surface area (Å²) < 4.78 is 11.7. The van der Waals surface area contributed by atoms with Crippen LogP contribution in [0.1, 0.15) is 21.7 Å². The molecule has 148 valence electrons. The minimum Gasteiger partial charge on any atom is -0.496 e. The van der Waals surface area contributed by atoms with Crippen LogP contribution in [0.2, 0.25) is 0 Å². The van der Waals surface area contributed by atoms with Crippen molar-refractivity contribution in [3.63, 3.8) is 0 Å². The highest BCUT2D eigenvalue weighted by Crippen LogP contribution is 2.28. The highest BCUT2D eigenvalue weighted by Gasteiger charge is 2.14. The van der Waals surface area contributed by atoms with E-state index in [-0.39, 0.29) is 5.69 Å². The van der Waals surface area contributed by atoms with Gasteiger partial charge in [-0.25, -0.2) is 5.43 Å². The fourth-order valence-electron chi connectivity index (χ4n) is 2.56. The van der Waals surface area contributed by atoms with Crippen LogP contribution in [-0.4, -0.2) is 24.2 Å². The minimum absolute atomic E-state index is 0.0225. The Morgan fingerprint density at radius 1 is 1.24 bits per heavy atom. The lowest BCUT2D eigenvalue weighted by Crippen LogP contribution is -2.17. The van der Waals surface area contributed by atoms with Crippen LogP contribution in [0.5, 0.6) is 5.75 Å². The van der Waals surface area contributed by atoms with Crippen LogP contribution in [0, 0.1) is 20.6 Å². The van der Waals surface area contributed by atoms with E-state index < -0.39 is 10.8 Å². The van der Waals surface area contributed by atoms with Gasteiger partial charge in [0.15, 0.2) is 0 Å². The molecular weight excluding hydrogens is 489 g/mol. The molecule has 9 heteroatoms. The number of hydrazone groups is 1. The lowest BCUT2D eigenvalue weighted by molar-refractivity contribution is -0.385. The first-order valence-electron chi connectivity index (χ1n) is 8.41. The number of hydrogen-bond donors (Lipinski definition) is 1. The summed E-state index contributed by atoms with van der Waals surface area (Å²) >= 11 is 2.12. The highest BCUT2D eigenvalue weighted by molar-refractivity contribution is 14.1. The van der Waals surface area contributed by atoms with Crippen LogP contribution in [0.15, 0.2) is 58.0 Å². The van der Waals surface area contributed by atoms with Crippen molar-refractivity contribution < 1.29 is 18.9 Å². The standard InChI is InChI=1S/C20H16IN3O5/c1-12-3-4-13(9-17(12)24(26)27)18-8-6-15(29-18)11-22-23-20(25)14-5-7-16(21)19(10-14)28-2/h3-11H,1-2H3,(H,23,25)/b22-11-. The van der Waals surface area contributed by atoms with Gasteiger partial charge in [-0.1, -0.05) is 12.1 Å². The van der Waals surface area contributed by atoms with Gasteiger partial charge in [0, 0.05) is 22.8 Å². The van der Waals surface area contributed by atoms with Gasteiger partial charge in [0.1, 0.15) is 17.3 Å². The molecule has 8 nitrogen and oxygen atoms in total. The Hall–Kier alpha value is -3.21. The number of methoxy groups -OCH3 is 1. The van der Waals surface area contributed by atoms with Crippen LogP contribution in [0.4, 0.5) is 5.69 Å². The molecule has 0 bridgehead atoms. The maximum absolute atomic E-state index is 12.2. The molecule has 0 spiro atoms. The molecule has 1 aromatic heterocycles. The van der Waals surface area contributed by atoms with Crippen molar-refractivity contribution in [2.24, 2.45) is 5.10 Å². The largest absolute Gasteiger partial charge is 0.496 e. The molecule has 3 rings (SSSR count). The van der Waals surface area contributed by atoms with Crippen molar-refractivity contribution in [1.82, 2.24) is 5.43 Å². The zero-order chi connectivity index (χ0) is 21.0. The number of carbonyl (C=O) groups is 1. The molecule has 0 aliphatic rings. The third kappa shape index (κ3) is 4.80. The van der Waals surface area contributed by atoms with Crippen LogP contribution in [-0.2, 0) is 0 Å². The summed E-state index contributed by atoms with van der Waals surface area (Å²) in [6.45, 7) is 1.67. The van der Waals surface area contributed by atoms with E-state index in [1.54, 1.807) is 49.4 Å². The van der Waals surface area contributed by atoms with Crippen molar-refractivity contribution in [3.8, 4) is 17.1 Å². The number of rotatable bonds is 6. The van der Waals surface area contributed by atoms with E-state index in [1.807, 2.05) is 0 Å². The van der Waals surface area contributed by atoms with E-state index in [0.29, 0.717) is 34.0 Å². The molecule has 0 aliphatic carbocycles. The van der Waals surface area contributed by atoms with Crippen molar-refractivity contribution in [2.75, 3.05) is 7.11 Å². The molecule has 0 saturated heterocycles. The number of nitro groups is 1. The fraction of sp³-hybridized carbons (Fsp3) is 0.100. The number of nitro benzene ring substituents is 1. The Kier molecular flexibility index (Phi) is 6.27. The third-order valence-corrected chi connectivity index (χ3v) is 4.98. The summed E-state index contributed by atoms with van der Waals surface area (Å²) in [6, 6.07) is 13.3. The Balaban J connectivity index is 1.70. The van der Waals surface area contributed by atoms with Crippen molar-refractivity contribution in [2.45, 2.75) is 6.92 Å². The summed E-state index contributed by atoms with van der Waals surface area (Å²) in [7, 11) is 1.54. The van der Waals surface area contributed by atoms with Gasteiger partial charge in [0.2, 0.25) is 0 Å². The maximum atomic E-state index is 12.2. The Labute approximate surface area is 179 Å². The molecule has 0 aliphatic heterocycles. The topological polar surface area (TPSA) is 107 Å². The van der Waals surface area contributed by atoms with Gasteiger partial charge in [-0.05, 0) is 59.8 Å². The van der Waals surface area contributed by atoms with E-state index in [1.165, 1.54) is 19.4 Å². The molecule has 0 unspecified atom stereocenters. The average molecular weight is 505 g/mol. The summed E-state index contributed by atoms with van der Waals surface area (Å²) in [5, 5.41) is 15.0. The zero-order valence-electron chi connectivity index (χ0n) is 15.5. The number of nitrogens with one attached hydrogen (secondary N) is 1. The number of aryl methyl sites for hydroxylation is 1. The second-order valence-electron chi connectivity index (χ2n) is 6.01. The van der Waals surface area contributed by atoms with E-state index in [4.69, 9.17) is 9.15 Å². The summed E-state index contributed by atoms with van der Waals surface area (Å²) in [5.74, 6) is 1.06. The second-order valence-corrected chi connectivity index (χ2v) is 7.17. The molecule has 3 aromatic rings. The number of amides is 1. The van der Waals surface area contributed by atoms with Gasteiger partial charge in [0.05, 0.1) is 21.8 Å². The Morgan fingerprint density at radius 2 is 2.03 bits per heavy atom. The number of nitrogens with zero attached hydrogens (tertiary/aromatic N) is 2.